The molecule has 3 aromatic carbocycles. The topological polar surface area (TPSA) is 0 Å². The Balaban J connectivity index is 1.54. The van der Waals surface area contributed by atoms with Gasteiger partial charge in [0.1, 0.15) is 0 Å². The molecule has 1 fully saturated rings. The number of allylic oxidation sites excluding steroid dienone is 1. The highest BCUT2D eigenvalue weighted by Gasteiger charge is 2.21. The monoisotopic (exact) mass is 354 g/mol. The van der Waals surface area contributed by atoms with E-state index >= 15 is 0 Å². The van der Waals surface area contributed by atoms with Crippen molar-refractivity contribution in [3.8, 4) is 11.1 Å². The van der Waals surface area contributed by atoms with Gasteiger partial charge in [0, 0.05) is 0 Å². The van der Waals surface area contributed by atoms with Crippen LogP contribution in [0.1, 0.15) is 63.0 Å². The third-order valence-electron chi connectivity index (χ3n) is 6.36. The van der Waals surface area contributed by atoms with Crippen LogP contribution in [0.25, 0.3) is 28.0 Å². The van der Waals surface area contributed by atoms with Gasteiger partial charge in [-0.15, -0.1) is 0 Å². The van der Waals surface area contributed by atoms with Gasteiger partial charge in [0.2, 0.25) is 0 Å². The van der Waals surface area contributed by atoms with Gasteiger partial charge in [0.05, 0.1) is 0 Å². The lowest BCUT2D eigenvalue weighted by Gasteiger charge is -2.28. The van der Waals surface area contributed by atoms with E-state index in [-0.39, 0.29) is 0 Å². The van der Waals surface area contributed by atoms with Crippen LogP contribution in [0.4, 0.5) is 0 Å². The maximum Gasteiger partial charge on any atom is -0.0162 e. The predicted octanol–water partition coefficient (Wildman–Crippen LogP) is 8.22. The normalized spacial score (nSPS) is 20.4. The Morgan fingerprint density at radius 3 is 2.15 bits per heavy atom. The van der Waals surface area contributed by atoms with Crippen molar-refractivity contribution in [2.24, 2.45) is 5.92 Å². The minimum Gasteiger partial charge on any atom is -0.0871 e. The zero-order chi connectivity index (χ0) is 18.6. The molecular formula is C27H30. The fraction of sp³-hybridized carbons (Fsp3) is 0.333. The molecule has 0 heteroatoms. The second-order valence-electron chi connectivity index (χ2n) is 8.07. The molecule has 3 aromatic rings. The molecule has 4 rings (SSSR count). The third kappa shape index (κ3) is 4.00. The highest BCUT2D eigenvalue weighted by atomic mass is 14.3. The average molecular weight is 355 g/mol. The van der Waals surface area contributed by atoms with Crippen molar-refractivity contribution in [3.63, 3.8) is 0 Å². The Labute approximate surface area is 163 Å². The minimum atomic E-state index is 0.767. The predicted molar refractivity (Wildman–Crippen MR) is 119 cm³/mol. The summed E-state index contributed by atoms with van der Waals surface area (Å²) in [6, 6.07) is 22.9. The second kappa shape index (κ2) is 8.13. The highest BCUT2D eigenvalue weighted by Crippen LogP contribution is 2.37. The first kappa shape index (κ1) is 18.0. The van der Waals surface area contributed by atoms with Crippen molar-refractivity contribution in [2.45, 2.75) is 51.9 Å². The third-order valence-corrected chi connectivity index (χ3v) is 6.36. The van der Waals surface area contributed by atoms with Gasteiger partial charge >= 0.3 is 0 Å². The summed E-state index contributed by atoms with van der Waals surface area (Å²) < 4.78 is 0. The molecule has 1 saturated carbocycles. The molecule has 27 heavy (non-hydrogen) atoms. The minimum absolute atomic E-state index is 0.767. The van der Waals surface area contributed by atoms with E-state index in [0.717, 1.165) is 11.8 Å². The molecule has 0 radical (unpaired) electrons. The number of fused-ring (bicyclic) bond motifs is 1. The Hall–Kier alpha value is -2.34. The summed E-state index contributed by atoms with van der Waals surface area (Å²) in [5.41, 5.74) is 5.42. The van der Waals surface area contributed by atoms with Gasteiger partial charge in [-0.2, -0.15) is 0 Å². The fourth-order valence-corrected chi connectivity index (χ4v) is 4.59. The van der Waals surface area contributed by atoms with E-state index in [1.165, 1.54) is 65.1 Å². The molecule has 0 N–H and O–H groups in total. The van der Waals surface area contributed by atoms with Crippen molar-refractivity contribution >= 4 is 16.8 Å². The Kier molecular flexibility index (Phi) is 5.43. The summed E-state index contributed by atoms with van der Waals surface area (Å²) in [6.45, 7) is 4.40. The number of hydrogen-bond donors (Lipinski definition) is 0. The highest BCUT2D eigenvalue weighted by molar-refractivity contribution is 5.89. The molecule has 0 aliphatic heterocycles. The van der Waals surface area contributed by atoms with E-state index in [0.29, 0.717) is 0 Å². The van der Waals surface area contributed by atoms with Crippen LogP contribution in [0.5, 0.6) is 0 Å². The average Bonchev–Trinajstić information content (AvgIpc) is 2.74. The van der Waals surface area contributed by atoms with Crippen molar-refractivity contribution in [3.05, 3.63) is 77.9 Å². The first-order valence-corrected chi connectivity index (χ1v) is 10.5. The molecule has 0 spiro atoms. The summed E-state index contributed by atoms with van der Waals surface area (Å²) in [6.07, 6.45) is 11.1. The van der Waals surface area contributed by atoms with E-state index in [9.17, 15) is 0 Å². The van der Waals surface area contributed by atoms with E-state index < -0.39 is 0 Å². The summed E-state index contributed by atoms with van der Waals surface area (Å²) in [5.74, 6) is 1.73. The summed E-state index contributed by atoms with van der Waals surface area (Å²) in [5, 5.41) is 2.61. The lowest BCUT2D eigenvalue weighted by Crippen LogP contribution is -2.12. The number of benzene rings is 3. The van der Waals surface area contributed by atoms with Gasteiger partial charge in [0.15, 0.2) is 0 Å². The largest absolute Gasteiger partial charge is 0.0871 e. The zero-order valence-electron chi connectivity index (χ0n) is 16.6. The van der Waals surface area contributed by atoms with E-state index in [1.807, 2.05) is 0 Å². The lowest BCUT2D eigenvalue weighted by atomic mass is 9.77. The fourth-order valence-electron chi connectivity index (χ4n) is 4.59. The Morgan fingerprint density at radius 2 is 1.44 bits per heavy atom. The van der Waals surface area contributed by atoms with Gasteiger partial charge in [-0.25, -0.2) is 0 Å². The van der Waals surface area contributed by atoms with Gasteiger partial charge in [-0.05, 0) is 89.6 Å². The first-order chi connectivity index (χ1) is 13.3. The number of hydrogen-bond acceptors (Lipinski definition) is 0. The molecule has 0 atom stereocenters. The van der Waals surface area contributed by atoms with Crippen LogP contribution in [0.2, 0.25) is 0 Å². The second-order valence-corrected chi connectivity index (χ2v) is 8.07. The van der Waals surface area contributed by atoms with Gasteiger partial charge in [-0.1, -0.05) is 74.0 Å². The molecule has 0 nitrogen and oxygen atoms in total. The standard InChI is InChI=1S/C27H30/c1-3-5-21-8-11-27-19-26(17-16-25(27)18-21)24-14-12-23(13-15-24)22-9-6-20(4-2)7-10-22/h3,5,8,11-20,22H,4,6-7,9-10H2,1-2H3/b5-3+. The van der Waals surface area contributed by atoms with Crippen LogP contribution in [0, 0.1) is 5.92 Å². The zero-order valence-corrected chi connectivity index (χ0v) is 16.6. The molecule has 1 aliphatic rings. The van der Waals surface area contributed by atoms with Crippen LogP contribution < -0.4 is 0 Å². The maximum absolute atomic E-state index is 2.37. The van der Waals surface area contributed by atoms with Gasteiger partial charge < -0.3 is 0 Å². The Bertz CT molecular complexity index is 922. The van der Waals surface area contributed by atoms with Crippen molar-refractivity contribution in [2.75, 3.05) is 0 Å². The summed E-state index contributed by atoms with van der Waals surface area (Å²) in [7, 11) is 0. The van der Waals surface area contributed by atoms with Crippen LogP contribution in [0.3, 0.4) is 0 Å². The van der Waals surface area contributed by atoms with E-state index in [2.05, 4.69) is 86.7 Å². The van der Waals surface area contributed by atoms with Crippen molar-refractivity contribution in [1.29, 1.82) is 0 Å². The van der Waals surface area contributed by atoms with E-state index in [4.69, 9.17) is 0 Å². The summed E-state index contributed by atoms with van der Waals surface area (Å²) >= 11 is 0. The molecule has 138 valence electrons. The first-order valence-electron chi connectivity index (χ1n) is 10.5. The maximum atomic E-state index is 2.37. The van der Waals surface area contributed by atoms with E-state index in [1.54, 1.807) is 0 Å². The Morgan fingerprint density at radius 1 is 0.778 bits per heavy atom. The van der Waals surface area contributed by atoms with Crippen molar-refractivity contribution < 1.29 is 0 Å². The van der Waals surface area contributed by atoms with Crippen molar-refractivity contribution in [1.82, 2.24) is 0 Å². The molecular weight excluding hydrogens is 324 g/mol. The molecule has 0 heterocycles. The smallest absolute Gasteiger partial charge is 0.0162 e. The quantitative estimate of drug-likeness (QED) is 0.442. The van der Waals surface area contributed by atoms with Crippen LogP contribution in [-0.2, 0) is 0 Å². The van der Waals surface area contributed by atoms with Gasteiger partial charge in [-0.3, -0.25) is 0 Å². The number of rotatable bonds is 4. The molecule has 0 unspecified atom stereocenters. The SMILES string of the molecule is C/C=C/c1ccc2cc(-c3ccc(C4CCC(CC)CC4)cc3)ccc2c1. The molecule has 0 aromatic heterocycles. The van der Waals surface area contributed by atoms with Crippen LogP contribution >= 0.6 is 0 Å². The summed E-state index contributed by atoms with van der Waals surface area (Å²) in [4.78, 5) is 0. The lowest BCUT2D eigenvalue weighted by molar-refractivity contribution is 0.319. The van der Waals surface area contributed by atoms with Crippen LogP contribution in [0.15, 0.2) is 66.7 Å². The molecule has 0 amide bonds. The van der Waals surface area contributed by atoms with Crippen LogP contribution in [-0.4, -0.2) is 0 Å². The molecule has 1 aliphatic carbocycles. The van der Waals surface area contributed by atoms with Gasteiger partial charge in [0.25, 0.3) is 0 Å². The molecule has 0 saturated heterocycles. The molecule has 0 bridgehead atoms.